The SMILES string of the molecule is CC(C)CC1CN(C(=O)c2cc(-c3ccccc3Cl)on2)[C@@H](CC(C)CCC(C)C[C@H]2CN(C(=O)c3cc(-c4ccc(Cl)cc4Cl)on3)[C@@H](CC(C)C)C(=O)N2)C(=O)N1. The van der Waals surface area contributed by atoms with Crippen LogP contribution >= 0.6 is 34.8 Å². The van der Waals surface area contributed by atoms with Gasteiger partial charge in [0.2, 0.25) is 11.8 Å². The molecule has 12 nitrogen and oxygen atoms in total. The van der Waals surface area contributed by atoms with Gasteiger partial charge in [-0.1, -0.05) is 112 Å². The standard InChI is InChI=1S/C44H53Cl3N6O6/c1-24(2)15-29-22-53(44(57)35-20-39(58-50-35)31-9-7-8-10-33(31)46)38(42(55)48-29)18-27(6)12-11-26(5)17-30-23-52(37(16-25(3)4)41(54)49-30)43(56)36-21-40(59-51-36)32-14-13-28(45)19-34(32)47/h7-10,13-14,19-21,24-27,29-30,37-38H,11-12,15-18,22-23H2,1-6H3,(H,48,55)(H,49,54)/t26?,27?,29?,30-,37-,38-/m0/s1. The number of hydrogen-bond acceptors (Lipinski definition) is 8. The molecule has 0 radical (unpaired) electrons. The lowest BCUT2D eigenvalue weighted by Gasteiger charge is -2.41. The first-order valence-corrected chi connectivity index (χ1v) is 21.6. The van der Waals surface area contributed by atoms with Gasteiger partial charge in [0.15, 0.2) is 22.9 Å². The highest BCUT2D eigenvalue weighted by Gasteiger charge is 2.41. The Balaban J connectivity index is 1.09. The van der Waals surface area contributed by atoms with E-state index in [1.54, 1.807) is 52.3 Å². The van der Waals surface area contributed by atoms with E-state index in [2.05, 4.69) is 48.6 Å². The topological polar surface area (TPSA) is 151 Å². The highest BCUT2D eigenvalue weighted by Crippen LogP contribution is 2.33. The molecule has 15 heteroatoms. The Labute approximate surface area is 360 Å². The van der Waals surface area contributed by atoms with Crippen LogP contribution in [0.4, 0.5) is 0 Å². The highest BCUT2D eigenvalue weighted by molar-refractivity contribution is 6.36. The van der Waals surface area contributed by atoms with E-state index in [4.69, 9.17) is 43.8 Å². The third-order valence-electron chi connectivity index (χ3n) is 11.1. The summed E-state index contributed by atoms with van der Waals surface area (Å²) in [6.07, 6.45) is 3.94. The van der Waals surface area contributed by atoms with Crippen molar-refractivity contribution in [1.29, 1.82) is 0 Å². The van der Waals surface area contributed by atoms with Crippen LogP contribution in [0.1, 0.15) is 101 Å². The highest BCUT2D eigenvalue weighted by atomic mass is 35.5. The summed E-state index contributed by atoms with van der Waals surface area (Å²) in [5.41, 5.74) is 1.39. The Kier molecular flexibility index (Phi) is 14.5. The number of halogens is 3. The molecular weight excluding hydrogens is 815 g/mol. The molecule has 2 aliphatic heterocycles. The predicted octanol–water partition coefficient (Wildman–Crippen LogP) is 9.20. The van der Waals surface area contributed by atoms with Crippen molar-refractivity contribution in [2.75, 3.05) is 13.1 Å². The number of carbonyl (C=O) groups is 4. The molecule has 2 aromatic carbocycles. The van der Waals surface area contributed by atoms with Crippen molar-refractivity contribution in [3.05, 3.63) is 81.1 Å². The number of carbonyl (C=O) groups excluding carboxylic acids is 4. The van der Waals surface area contributed by atoms with Crippen molar-refractivity contribution < 1.29 is 28.2 Å². The molecule has 2 N–H and O–H groups in total. The summed E-state index contributed by atoms with van der Waals surface area (Å²) in [4.78, 5) is 58.6. The van der Waals surface area contributed by atoms with E-state index in [0.717, 1.165) is 19.3 Å². The van der Waals surface area contributed by atoms with E-state index in [9.17, 15) is 19.2 Å². The first kappa shape index (κ1) is 44.2. The fraction of sp³-hybridized carbons (Fsp3) is 0.500. The minimum Gasteiger partial charge on any atom is -0.355 e. The molecule has 6 atom stereocenters. The molecule has 2 fully saturated rings. The molecule has 0 spiro atoms. The molecule has 6 rings (SSSR count). The molecule has 4 heterocycles. The Morgan fingerprint density at radius 2 is 1.15 bits per heavy atom. The molecule has 2 saturated heterocycles. The lowest BCUT2D eigenvalue weighted by molar-refractivity contribution is -0.130. The number of hydrogen-bond donors (Lipinski definition) is 2. The molecule has 0 aliphatic carbocycles. The van der Waals surface area contributed by atoms with E-state index >= 15 is 0 Å². The van der Waals surface area contributed by atoms with Gasteiger partial charge in [-0.2, -0.15) is 0 Å². The van der Waals surface area contributed by atoms with E-state index in [-0.39, 0.29) is 64.9 Å². The number of piperazine rings is 2. The minimum atomic E-state index is -0.681. The zero-order valence-electron chi connectivity index (χ0n) is 34.3. The second-order valence-corrected chi connectivity index (χ2v) is 18.4. The average molecular weight is 868 g/mol. The quantitative estimate of drug-likeness (QED) is 0.120. The summed E-state index contributed by atoms with van der Waals surface area (Å²) >= 11 is 18.8. The summed E-state index contributed by atoms with van der Waals surface area (Å²) < 4.78 is 11.1. The van der Waals surface area contributed by atoms with Gasteiger partial charge in [0.1, 0.15) is 12.1 Å². The zero-order valence-corrected chi connectivity index (χ0v) is 36.6. The maximum atomic E-state index is 14.1. The van der Waals surface area contributed by atoms with Gasteiger partial charge in [-0.25, -0.2) is 0 Å². The van der Waals surface area contributed by atoms with E-state index in [0.29, 0.717) is 76.0 Å². The van der Waals surface area contributed by atoms with Gasteiger partial charge >= 0.3 is 0 Å². The number of rotatable bonds is 15. The van der Waals surface area contributed by atoms with Crippen molar-refractivity contribution in [3.8, 4) is 22.6 Å². The van der Waals surface area contributed by atoms with Crippen LogP contribution in [0.5, 0.6) is 0 Å². The number of nitrogens with zero attached hydrogens (tertiary/aromatic N) is 4. The Morgan fingerprint density at radius 3 is 1.68 bits per heavy atom. The van der Waals surface area contributed by atoms with Crippen molar-refractivity contribution in [2.24, 2.45) is 23.7 Å². The van der Waals surface area contributed by atoms with Crippen LogP contribution in [0.15, 0.2) is 63.6 Å². The largest absolute Gasteiger partial charge is 0.355 e. The van der Waals surface area contributed by atoms with Crippen LogP contribution in [-0.2, 0) is 9.59 Å². The van der Waals surface area contributed by atoms with Gasteiger partial charge in [0.05, 0.1) is 10.0 Å². The van der Waals surface area contributed by atoms with Crippen molar-refractivity contribution in [2.45, 2.75) is 104 Å². The molecule has 4 amide bonds. The van der Waals surface area contributed by atoms with Crippen LogP contribution < -0.4 is 10.6 Å². The Bertz CT molecular complexity index is 2140. The number of benzene rings is 2. The Hall–Kier alpha value is -4.39. The predicted molar refractivity (Wildman–Crippen MR) is 228 cm³/mol. The third-order valence-corrected chi connectivity index (χ3v) is 12.0. The van der Waals surface area contributed by atoms with Crippen LogP contribution in [0.2, 0.25) is 15.1 Å². The fourth-order valence-electron chi connectivity index (χ4n) is 8.22. The van der Waals surface area contributed by atoms with Crippen molar-refractivity contribution in [3.63, 3.8) is 0 Å². The maximum absolute atomic E-state index is 14.1. The van der Waals surface area contributed by atoms with Crippen LogP contribution in [0.3, 0.4) is 0 Å². The number of amides is 4. The lowest BCUT2D eigenvalue weighted by atomic mass is 9.87. The third kappa shape index (κ3) is 10.9. The average Bonchev–Trinajstić information content (AvgIpc) is 3.86. The van der Waals surface area contributed by atoms with Crippen LogP contribution in [-0.4, -0.2) is 81.0 Å². The summed E-state index contributed by atoms with van der Waals surface area (Å²) in [5.74, 6) is 0.344. The molecule has 0 saturated carbocycles. The fourth-order valence-corrected chi connectivity index (χ4v) is 8.95. The lowest BCUT2D eigenvalue weighted by Crippen LogP contribution is -2.62. The van der Waals surface area contributed by atoms with E-state index in [1.807, 2.05) is 26.0 Å². The first-order chi connectivity index (χ1) is 28.1. The molecular formula is C44H53Cl3N6O6. The zero-order chi connectivity index (χ0) is 42.5. The molecule has 316 valence electrons. The minimum absolute atomic E-state index is 0.0890. The number of nitrogens with one attached hydrogen (secondary N) is 2. The molecule has 2 aromatic heterocycles. The molecule has 4 aromatic rings. The maximum Gasteiger partial charge on any atom is 0.276 e. The van der Waals surface area contributed by atoms with Crippen LogP contribution in [0, 0.1) is 23.7 Å². The van der Waals surface area contributed by atoms with Gasteiger partial charge in [-0.3, -0.25) is 19.2 Å². The van der Waals surface area contributed by atoms with E-state index < -0.39 is 12.1 Å². The molecule has 2 aliphatic rings. The van der Waals surface area contributed by atoms with Gasteiger partial charge in [-0.05, 0) is 79.7 Å². The van der Waals surface area contributed by atoms with Crippen molar-refractivity contribution in [1.82, 2.24) is 30.7 Å². The molecule has 0 bridgehead atoms. The van der Waals surface area contributed by atoms with Gasteiger partial charge < -0.3 is 29.5 Å². The molecule has 59 heavy (non-hydrogen) atoms. The summed E-state index contributed by atoms with van der Waals surface area (Å²) in [6, 6.07) is 13.5. The summed E-state index contributed by atoms with van der Waals surface area (Å²) in [7, 11) is 0. The molecule has 3 unspecified atom stereocenters. The normalized spacial score (nSPS) is 20.8. The second kappa shape index (κ2) is 19.3. The van der Waals surface area contributed by atoms with Crippen molar-refractivity contribution >= 4 is 58.4 Å². The monoisotopic (exact) mass is 866 g/mol. The van der Waals surface area contributed by atoms with Gasteiger partial charge in [0.25, 0.3) is 11.8 Å². The smallest absolute Gasteiger partial charge is 0.276 e. The van der Waals surface area contributed by atoms with Gasteiger partial charge in [0, 0.05) is 53.5 Å². The first-order valence-electron chi connectivity index (χ1n) is 20.4. The summed E-state index contributed by atoms with van der Waals surface area (Å²) in [5, 5.41) is 15.8. The summed E-state index contributed by atoms with van der Waals surface area (Å²) in [6.45, 7) is 13.1. The Morgan fingerprint density at radius 1 is 0.661 bits per heavy atom. The van der Waals surface area contributed by atoms with Crippen LogP contribution in [0.25, 0.3) is 22.6 Å². The van der Waals surface area contributed by atoms with E-state index in [1.165, 1.54) is 0 Å². The number of aromatic nitrogens is 2. The second-order valence-electron chi connectivity index (χ2n) is 17.1. The van der Waals surface area contributed by atoms with Gasteiger partial charge in [-0.15, -0.1) is 0 Å².